The second kappa shape index (κ2) is 5.93. The Morgan fingerprint density at radius 2 is 2.30 bits per heavy atom. The molecule has 0 spiro atoms. The number of phosphoric acid groups is 1. The maximum Gasteiger partial charge on any atom is 0.530 e. The van der Waals surface area contributed by atoms with Crippen molar-refractivity contribution in [1.82, 2.24) is 0 Å². The Morgan fingerprint density at radius 1 is 1.57 bits per heavy atom. The normalized spacial score (nSPS) is 39.3. The van der Waals surface area contributed by atoms with Crippen molar-refractivity contribution >= 4 is 15.7 Å². The lowest BCUT2D eigenvalue weighted by atomic mass is 9.73. The van der Waals surface area contributed by atoms with Crippen molar-refractivity contribution in [3.8, 4) is 11.8 Å². The first-order chi connectivity index (χ1) is 10.9. The number of hydrogen-bond acceptors (Lipinski definition) is 7. The van der Waals surface area contributed by atoms with Gasteiger partial charge in [-0.05, 0) is 13.0 Å². The van der Waals surface area contributed by atoms with Gasteiger partial charge in [0.1, 0.15) is 31.2 Å². The lowest BCUT2D eigenvalue weighted by molar-refractivity contribution is -0.00957. The van der Waals surface area contributed by atoms with Gasteiger partial charge in [0.25, 0.3) is 0 Å². The molecule has 1 N–H and O–H groups in total. The maximum absolute atomic E-state index is 12.5. The highest BCUT2D eigenvalue weighted by Crippen LogP contribution is 2.54. The van der Waals surface area contributed by atoms with Crippen LogP contribution in [0.25, 0.3) is 0 Å². The van der Waals surface area contributed by atoms with Crippen LogP contribution in [0.2, 0.25) is 0 Å². The smallest absolute Gasteiger partial charge is 0.404 e. The van der Waals surface area contributed by atoms with E-state index in [9.17, 15) is 14.9 Å². The maximum atomic E-state index is 12.5. The summed E-state index contributed by atoms with van der Waals surface area (Å²) in [6, 6.07) is 8.68. The van der Waals surface area contributed by atoms with Crippen LogP contribution < -0.4 is 4.52 Å². The third kappa shape index (κ3) is 2.91. The minimum Gasteiger partial charge on any atom is -0.404 e. The average molecular weight is 337 g/mol. The summed E-state index contributed by atoms with van der Waals surface area (Å²) in [5.41, 5.74) is -0.256. The third-order valence-corrected chi connectivity index (χ3v) is 5.72. The van der Waals surface area contributed by atoms with Crippen molar-refractivity contribution in [2.45, 2.75) is 31.7 Å². The molecule has 1 unspecified atom stereocenters. The van der Waals surface area contributed by atoms with Gasteiger partial charge in [-0.2, -0.15) is 5.26 Å². The Labute approximate surface area is 135 Å². The van der Waals surface area contributed by atoms with Crippen LogP contribution in [0.15, 0.2) is 24.3 Å². The molecule has 1 aromatic rings. The van der Waals surface area contributed by atoms with Gasteiger partial charge in [-0.1, -0.05) is 18.2 Å². The van der Waals surface area contributed by atoms with Crippen molar-refractivity contribution < 1.29 is 28.0 Å². The van der Waals surface area contributed by atoms with Gasteiger partial charge in [-0.15, -0.1) is 0 Å². The number of fused-ring (bicyclic) bond motifs is 1. The first-order valence-corrected chi connectivity index (χ1v) is 8.75. The van der Waals surface area contributed by atoms with Gasteiger partial charge in [0, 0.05) is 11.6 Å². The van der Waals surface area contributed by atoms with Gasteiger partial charge in [-0.25, -0.2) is 4.57 Å². The van der Waals surface area contributed by atoms with Gasteiger partial charge in [0.05, 0.1) is 19.3 Å². The number of hydrogen-bond donors (Lipinski definition) is 1. The van der Waals surface area contributed by atoms with Gasteiger partial charge < -0.3 is 14.4 Å². The Balaban J connectivity index is 1.66. The topological polar surface area (TPSA) is 98.0 Å². The summed E-state index contributed by atoms with van der Waals surface area (Å²) in [6.45, 7) is 1.55. The molecule has 2 heterocycles. The van der Waals surface area contributed by atoms with E-state index >= 15 is 0 Å². The number of phosphoric ester groups is 1. The number of para-hydroxylation sites is 1. The van der Waals surface area contributed by atoms with Gasteiger partial charge in [0.2, 0.25) is 0 Å². The number of nitrogens with zero attached hydrogens (tertiary/aromatic N) is 1. The highest BCUT2D eigenvalue weighted by Gasteiger charge is 2.52. The quantitative estimate of drug-likeness (QED) is 0.648. The molecule has 1 aromatic carbocycles. The molecule has 0 saturated carbocycles. The molecular formula is C14H17BNO6P. The van der Waals surface area contributed by atoms with E-state index in [2.05, 4.69) is 6.07 Å². The fraction of sp³-hybridized carbons (Fsp3) is 0.500. The molecule has 5 atom stereocenters. The number of rotatable bonds is 3. The summed E-state index contributed by atoms with van der Waals surface area (Å²) >= 11 is 0. The summed E-state index contributed by atoms with van der Waals surface area (Å²) in [5, 5.41) is 19.5. The third-order valence-electron chi connectivity index (χ3n) is 4.39. The van der Waals surface area contributed by atoms with Gasteiger partial charge >= 0.3 is 7.82 Å². The van der Waals surface area contributed by atoms with Crippen LogP contribution in [0.4, 0.5) is 0 Å². The molecule has 23 heavy (non-hydrogen) atoms. The number of aliphatic hydroxyl groups excluding tert-OH is 1. The standard InChI is InChI=1S/C14H17BNO6P/c1-14(8-16)12(17)11(21-13(14)15)7-20-23(18)19-6-9-4-2-3-5-10(9)22-23/h2-5,11-13,17H,6-7,15H2,1H3/t11-,12-,13-,14-,23?/m1/s1. The molecule has 1 saturated heterocycles. The number of benzene rings is 1. The van der Waals surface area contributed by atoms with Crippen LogP contribution in [0.3, 0.4) is 0 Å². The summed E-state index contributed by atoms with van der Waals surface area (Å²) in [6.07, 6.45) is -1.82. The summed E-state index contributed by atoms with van der Waals surface area (Å²) < 4.78 is 33.9. The van der Waals surface area contributed by atoms with E-state index in [0.29, 0.717) is 5.75 Å². The van der Waals surface area contributed by atoms with Crippen molar-refractivity contribution in [3.05, 3.63) is 29.8 Å². The van der Waals surface area contributed by atoms with Gasteiger partial charge in [0.15, 0.2) is 0 Å². The highest BCUT2D eigenvalue weighted by atomic mass is 31.2. The Morgan fingerprint density at radius 3 is 3.00 bits per heavy atom. The molecule has 2 aliphatic heterocycles. The molecule has 2 aliphatic rings. The molecule has 0 bridgehead atoms. The summed E-state index contributed by atoms with van der Waals surface area (Å²) in [7, 11) is -2.06. The van der Waals surface area contributed by atoms with Crippen LogP contribution >= 0.6 is 7.82 Å². The Bertz CT molecular complexity index is 694. The molecule has 122 valence electrons. The van der Waals surface area contributed by atoms with Crippen LogP contribution in [-0.2, 0) is 25.0 Å². The highest BCUT2D eigenvalue weighted by molar-refractivity contribution is 7.49. The van der Waals surface area contributed by atoms with E-state index in [4.69, 9.17) is 18.3 Å². The van der Waals surface area contributed by atoms with Crippen LogP contribution in [-0.4, -0.2) is 37.8 Å². The second-order valence-electron chi connectivity index (χ2n) is 5.87. The zero-order chi connectivity index (χ0) is 16.7. The van der Waals surface area contributed by atoms with E-state index in [-0.39, 0.29) is 13.2 Å². The zero-order valence-electron chi connectivity index (χ0n) is 12.8. The second-order valence-corrected chi connectivity index (χ2v) is 7.46. The first-order valence-electron chi connectivity index (χ1n) is 7.29. The number of ether oxygens (including phenoxy) is 1. The predicted molar refractivity (Wildman–Crippen MR) is 82.3 cm³/mol. The molecule has 3 rings (SSSR count). The molecule has 9 heteroatoms. The predicted octanol–water partition coefficient (Wildman–Crippen LogP) is 0.969. The zero-order valence-corrected chi connectivity index (χ0v) is 13.7. The van der Waals surface area contributed by atoms with E-state index < -0.39 is 31.4 Å². The van der Waals surface area contributed by atoms with Crippen molar-refractivity contribution in [3.63, 3.8) is 0 Å². The monoisotopic (exact) mass is 337 g/mol. The Hall–Kier alpha value is -1.36. The first kappa shape index (κ1) is 16.5. The van der Waals surface area contributed by atoms with Crippen LogP contribution in [0.1, 0.15) is 12.5 Å². The largest absolute Gasteiger partial charge is 0.530 e. The molecular weight excluding hydrogens is 320 g/mol. The minimum absolute atomic E-state index is 0.119. The molecule has 0 radical (unpaired) electrons. The van der Waals surface area contributed by atoms with E-state index in [1.807, 2.05) is 12.1 Å². The fourth-order valence-electron chi connectivity index (χ4n) is 2.63. The molecule has 0 amide bonds. The van der Waals surface area contributed by atoms with Crippen molar-refractivity contribution in [2.24, 2.45) is 5.41 Å². The lowest BCUT2D eigenvalue weighted by Crippen LogP contribution is -2.38. The van der Waals surface area contributed by atoms with Crippen LogP contribution in [0.5, 0.6) is 5.75 Å². The van der Waals surface area contributed by atoms with E-state index in [1.54, 1.807) is 26.9 Å². The minimum atomic E-state index is -3.77. The lowest BCUT2D eigenvalue weighted by Gasteiger charge is -2.26. The van der Waals surface area contributed by atoms with Crippen LogP contribution in [0, 0.1) is 16.7 Å². The Kier molecular flexibility index (Phi) is 4.26. The van der Waals surface area contributed by atoms with E-state index in [0.717, 1.165) is 5.56 Å². The van der Waals surface area contributed by atoms with Crippen molar-refractivity contribution in [2.75, 3.05) is 6.61 Å². The van der Waals surface area contributed by atoms with Gasteiger partial charge in [-0.3, -0.25) is 9.05 Å². The SMILES string of the molecule is B[C@@H]1O[C@H](COP2(=O)OCc3ccccc3O2)[C@@H](O)[C@@]1(C)C#N. The molecule has 0 aliphatic carbocycles. The fourth-order valence-corrected chi connectivity index (χ4v) is 3.85. The number of nitriles is 1. The van der Waals surface area contributed by atoms with Crippen molar-refractivity contribution in [1.29, 1.82) is 5.26 Å². The van der Waals surface area contributed by atoms with E-state index in [1.165, 1.54) is 0 Å². The molecule has 7 nitrogen and oxygen atoms in total. The average Bonchev–Trinajstić information content (AvgIpc) is 2.77. The molecule has 1 fully saturated rings. The summed E-state index contributed by atoms with van der Waals surface area (Å²) in [5.74, 6) is 0.449. The summed E-state index contributed by atoms with van der Waals surface area (Å²) in [4.78, 5) is 0. The number of aliphatic hydroxyl groups is 1. The molecule has 0 aromatic heterocycles.